The average molecular weight is 227 g/mol. The second kappa shape index (κ2) is 4.31. The molecule has 2 heteroatoms. The molecule has 0 N–H and O–H groups in total. The SMILES string of the molecule is COC=Cc1cc(C)ccc1Br. The zero-order valence-electron chi connectivity index (χ0n) is 7.17. The topological polar surface area (TPSA) is 9.23 Å². The molecule has 64 valence electrons. The van der Waals surface area contributed by atoms with E-state index >= 15 is 0 Å². The minimum atomic E-state index is 1.08. The van der Waals surface area contributed by atoms with Gasteiger partial charge in [-0.25, -0.2) is 0 Å². The molecule has 0 radical (unpaired) electrons. The molecule has 0 saturated heterocycles. The van der Waals surface area contributed by atoms with Crippen LogP contribution in [0.4, 0.5) is 0 Å². The average Bonchev–Trinajstić information content (AvgIpc) is 2.07. The summed E-state index contributed by atoms with van der Waals surface area (Å²) in [7, 11) is 1.64. The number of ether oxygens (including phenoxy) is 1. The smallest absolute Gasteiger partial charge is 0.0830 e. The summed E-state index contributed by atoms with van der Waals surface area (Å²) in [4.78, 5) is 0. The van der Waals surface area contributed by atoms with Crippen molar-refractivity contribution in [2.24, 2.45) is 0 Å². The van der Waals surface area contributed by atoms with Crippen LogP contribution in [0.5, 0.6) is 0 Å². The Morgan fingerprint density at radius 1 is 1.42 bits per heavy atom. The Labute approximate surface area is 81.2 Å². The first-order valence-corrected chi connectivity index (χ1v) is 4.49. The van der Waals surface area contributed by atoms with E-state index in [0.717, 1.165) is 10.0 Å². The fraction of sp³-hybridized carbons (Fsp3) is 0.200. The lowest BCUT2D eigenvalue weighted by molar-refractivity contribution is 0.341. The molecule has 0 aliphatic carbocycles. The Hall–Kier alpha value is -0.760. The van der Waals surface area contributed by atoms with Crippen LogP contribution < -0.4 is 0 Å². The van der Waals surface area contributed by atoms with Crippen LogP contribution in [0.2, 0.25) is 0 Å². The molecule has 0 aliphatic heterocycles. The van der Waals surface area contributed by atoms with E-state index in [2.05, 4.69) is 35.0 Å². The summed E-state index contributed by atoms with van der Waals surface area (Å²) in [5, 5.41) is 0. The fourth-order valence-electron chi connectivity index (χ4n) is 0.932. The molecule has 0 aromatic heterocycles. The predicted octanol–water partition coefficient (Wildman–Crippen LogP) is 3.37. The van der Waals surface area contributed by atoms with Gasteiger partial charge < -0.3 is 4.74 Å². The lowest BCUT2D eigenvalue weighted by Crippen LogP contribution is -1.78. The summed E-state index contributed by atoms with van der Waals surface area (Å²) in [6, 6.07) is 6.19. The molecule has 0 spiro atoms. The Kier molecular flexibility index (Phi) is 3.35. The zero-order valence-corrected chi connectivity index (χ0v) is 8.76. The summed E-state index contributed by atoms with van der Waals surface area (Å²) < 4.78 is 5.92. The molecule has 12 heavy (non-hydrogen) atoms. The standard InChI is InChI=1S/C10H11BrO/c1-8-3-4-10(11)9(7-8)5-6-12-2/h3-7H,1-2H3. The summed E-state index contributed by atoms with van der Waals surface area (Å²) in [5.74, 6) is 0. The van der Waals surface area contributed by atoms with Crippen molar-refractivity contribution in [1.82, 2.24) is 0 Å². The highest BCUT2D eigenvalue weighted by Crippen LogP contribution is 2.19. The first-order chi connectivity index (χ1) is 5.74. The molecule has 1 aromatic rings. The molecular weight excluding hydrogens is 216 g/mol. The Morgan fingerprint density at radius 2 is 2.17 bits per heavy atom. The highest BCUT2D eigenvalue weighted by atomic mass is 79.9. The van der Waals surface area contributed by atoms with E-state index in [0.29, 0.717) is 0 Å². The highest BCUT2D eigenvalue weighted by molar-refractivity contribution is 9.10. The van der Waals surface area contributed by atoms with Crippen molar-refractivity contribution in [3.63, 3.8) is 0 Å². The third kappa shape index (κ3) is 2.38. The van der Waals surface area contributed by atoms with Gasteiger partial charge in [-0.05, 0) is 24.6 Å². The minimum absolute atomic E-state index is 1.08. The summed E-state index contributed by atoms with van der Waals surface area (Å²) in [5.41, 5.74) is 2.38. The van der Waals surface area contributed by atoms with Crippen LogP contribution in [0.25, 0.3) is 6.08 Å². The van der Waals surface area contributed by atoms with Gasteiger partial charge in [-0.15, -0.1) is 0 Å². The van der Waals surface area contributed by atoms with Gasteiger partial charge in [-0.3, -0.25) is 0 Å². The zero-order chi connectivity index (χ0) is 8.97. The predicted molar refractivity (Wildman–Crippen MR) is 54.9 cm³/mol. The number of hydrogen-bond donors (Lipinski definition) is 0. The Balaban J connectivity index is 2.97. The second-order valence-corrected chi connectivity index (χ2v) is 3.42. The van der Waals surface area contributed by atoms with Crippen LogP contribution >= 0.6 is 15.9 Å². The maximum absolute atomic E-state index is 4.84. The molecule has 0 saturated carbocycles. The van der Waals surface area contributed by atoms with Crippen molar-refractivity contribution in [3.05, 3.63) is 40.1 Å². The molecule has 0 bridgehead atoms. The molecule has 0 unspecified atom stereocenters. The molecule has 0 heterocycles. The number of methoxy groups -OCH3 is 1. The highest BCUT2D eigenvalue weighted by Gasteiger charge is 1.94. The van der Waals surface area contributed by atoms with Crippen molar-refractivity contribution in [2.45, 2.75) is 6.92 Å². The molecule has 0 amide bonds. The van der Waals surface area contributed by atoms with Gasteiger partial charge in [0, 0.05) is 4.47 Å². The van der Waals surface area contributed by atoms with Crippen molar-refractivity contribution in [1.29, 1.82) is 0 Å². The van der Waals surface area contributed by atoms with Gasteiger partial charge in [0.15, 0.2) is 0 Å². The van der Waals surface area contributed by atoms with Gasteiger partial charge in [0.2, 0.25) is 0 Å². The van der Waals surface area contributed by atoms with Gasteiger partial charge in [-0.2, -0.15) is 0 Å². The van der Waals surface area contributed by atoms with Crippen LogP contribution in [0, 0.1) is 6.92 Å². The molecule has 0 fully saturated rings. The normalized spacial score (nSPS) is 10.6. The van der Waals surface area contributed by atoms with Crippen molar-refractivity contribution < 1.29 is 4.74 Å². The molecule has 1 rings (SSSR count). The Bertz CT molecular complexity index is 292. The van der Waals surface area contributed by atoms with E-state index < -0.39 is 0 Å². The van der Waals surface area contributed by atoms with Gasteiger partial charge in [0.05, 0.1) is 13.4 Å². The molecule has 0 atom stereocenters. The van der Waals surface area contributed by atoms with Crippen LogP contribution in [0.3, 0.4) is 0 Å². The van der Waals surface area contributed by atoms with E-state index in [4.69, 9.17) is 4.74 Å². The van der Waals surface area contributed by atoms with Gasteiger partial charge in [0.25, 0.3) is 0 Å². The van der Waals surface area contributed by atoms with Crippen LogP contribution in [0.15, 0.2) is 28.9 Å². The summed E-state index contributed by atoms with van der Waals surface area (Å²) in [6.07, 6.45) is 3.59. The maximum Gasteiger partial charge on any atom is 0.0830 e. The van der Waals surface area contributed by atoms with Crippen molar-refractivity contribution in [2.75, 3.05) is 7.11 Å². The van der Waals surface area contributed by atoms with E-state index in [1.807, 2.05) is 12.1 Å². The number of halogens is 1. The first kappa shape index (κ1) is 9.33. The second-order valence-electron chi connectivity index (χ2n) is 2.56. The fourth-order valence-corrected chi connectivity index (χ4v) is 1.31. The van der Waals surface area contributed by atoms with E-state index in [1.165, 1.54) is 5.56 Å². The summed E-state index contributed by atoms with van der Waals surface area (Å²) in [6.45, 7) is 2.07. The quantitative estimate of drug-likeness (QED) is 0.703. The first-order valence-electron chi connectivity index (χ1n) is 3.69. The lowest BCUT2D eigenvalue weighted by atomic mass is 10.1. The number of rotatable bonds is 2. The van der Waals surface area contributed by atoms with E-state index in [-0.39, 0.29) is 0 Å². The summed E-state index contributed by atoms with van der Waals surface area (Å²) >= 11 is 3.45. The maximum atomic E-state index is 4.84. The third-order valence-electron chi connectivity index (χ3n) is 1.54. The molecular formula is C10H11BrO. The molecule has 1 nitrogen and oxygen atoms in total. The molecule has 0 aliphatic rings. The van der Waals surface area contributed by atoms with E-state index in [1.54, 1.807) is 13.4 Å². The lowest BCUT2D eigenvalue weighted by Gasteiger charge is -1.99. The van der Waals surface area contributed by atoms with Gasteiger partial charge in [0.1, 0.15) is 0 Å². The van der Waals surface area contributed by atoms with Crippen LogP contribution in [0.1, 0.15) is 11.1 Å². The Morgan fingerprint density at radius 3 is 2.83 bits per heavy atom. The minimum Gasteiger partial charge on any atom is -0.504 e. The number of hydrogen-bond acceptors (Lipinski definition) is 1. The molecule has 1 aromatic carbocycles. The number of aryl methyl sites for hydroxylation is 1. The van der Waals surface area contributed by atoms with Crippen molar-refractivity contribution in [3.8, 4) is 0 Å². The van der Waals surface area contributed by atoms with Crippen molar-refractivity contribution >= 4 is 22.0 Å². The van der Waals surface area contributed by atoms with E-state index in [9.17, 15) is 0 Å². The van der Waals surface area contributed by atoms with Crippen LogP contribution in [-0.2, 0) is 4.74 Å². The largest absolute Gasteiger partial charge is 0.504 e. The van der Waals surface area contributed by atoms with Gasteiger partial charge >= 0.3 is 0 Å². The monoisotopic (exact) mass is 226 g/mol. The van der Waals surface area contributed by atoms with Crippen LogP contribution in [-0.4, -0.2) is 7.11 Å². The number of benzene rings is 1. The third-order valence-corrected chi connectivity index (χ3v) is 2.26. The van der Waals surface area contributed by atoms with Gasteiger partial charge in [-0.1, -0.05) is 33.6 Å².